The van der Waals surface area contributed by atoms with Crippen molar-refractivity contribution in [2.24, 2.45) is 5.16 Å². The first-order valence-corrected chi connectivity index (χ1v) is 11.2. The summed E-state index contributed by atoms with van der Waals surface area (Å²) >= 11 is 22.4. The van der Waals surface area contributed by atoms with Crippen molar-refractivity contribution >= 4 is 58.0 Å². The molecule has 2 aliphatic heterocycles. The van der Waals surface area contributed by atoms with Gasteiger partial charge in [-0.1, -0.05) is 75.8 Å². The van der Waals surface area contributed by atoms with Crippen LogP contribution in [0.2, 0.25) is 10.0 Å². The van der Waals surface area contributed by atoms with Gasteiger partial charge in [-0.15, -0.1) is 0 Å². The van der Waals surface area contributed by atoms with Crippen molar-refractivity contribution in [3.8, 4) is 0 Å². The van der Waals surface area contributed by atoms with Gasteiger partial charge in [0.2, 0.25) is 0 Å². The molecule has 0 bridgehead atoms. The highest BCUT2D eigenvalue weighted by atomic mass is 35.5. The van der Waals surface area contributed by atoms with Crippen LogP contribution in [0.15, 0.2) is 41.6 Å². The summed E-state index contributed by atoms with van der Waals surface area (Å²) in [5.41, 5.74) is -4.87. The highest BCUT2D eigenvalue weighted by molar-refractivity contribution is 6.53. The third-order valence-corrected chi connectivity index (χ3v) is 6.68. The molecule has 0 radical (unpaired) electrons. The van der Waals surface area contributed by atoms with Crippen molar-refractivity contribution in [3.63, 3.8) is 0 Å². The Labute approximate surface area is 210 Å². The Morgan fingerprint density at radius 2 is 1.62 bits per heavy atom. The number of hydrogen-bond donors (Lipinski definition) is 0. The Bertz CT molecular complexity index is 1140. The van der Waals surface area contributed by atoms with Crippen LogP contribution in [0.25, 0.3) is 0 Å². The quantitative estimate of drug-likeness (QED) is 0.242. The van der Waals surface area contributed by atoms with Crippen molar-refractivity contribution < 1.29 is 31.6 Å². The second-order valence-corrected chi connectivity index (χ2v) is 9.83. The van der Waals surface area contributed by atoms with E-state index in [1.54, 1.807) is 0 Å². The predicted molar refractivity (Wildman–Crippen MR) is 118 cm³/mol. The summed E-state index contributed by atoms with van der Waals surface area (Å²) in [5, 5.41) is 2.42. The van der Waals surface area contributed by atoms with Crippen LogP contribution in [0.4, 0.5) is 22.0 Å². The number of likely N-dealkylation sites (tertiary alicyclic amines) is 1. The van der Waals surface area contributed by atoms with Gasteiger partial charge in [0.05, 0.1) is 28.8 Å². The third kappa shape index (κ3) is 4.21. The molecule has 34 heavy (non-hydrogen) atoms. The van der Waals surface area contributed by atoms with Crippen molar-refractivity contribution in [3.05, 3.63) is 69.0 Å². The number of rotatable bonds is 4. The highest BCUT2D eigenvalue weighted by Gasteiger charge is 2.62. The van der Waals surface area contributed by atoms with Gasteiger partial charge < -0.3 is 9.74 Å². The summed E-state index contributed by atoms with van der Waals surface area (Å²) in [6.45, 7) is -0.511. The number of alkyl halides is 6. The molecule has 1 amide bonds. The van der Waals surface area contributed by atoms with Crippen LogP contribution < -0.4 is 0 Å². The summed E-state index contributed by atoms with van der Waals surface area (Å²) in [6.07, 6.45) is -5.69. The summed E-state index contributed by atoms with van der Waals surface area (Å²) in [5.74, 6) is -1.67. The van der Waals surface area contributed by atoms with Crippen LogP contribution >= 0.6 is 46.4 Å². The van der Waals surface area contributed by atoms with Crippen LogP contribution in [-0.4, -0.2) is 40.6 Å². The van der Waals surface area contributed by atoms with Crippen LogP contribution in [-0.2, 0) is 20.9 Å². The highest BCUT2D eigenvalue weighted by Crippen LogP contribution is 2.50. The largest absolute Gasteiger partial charge is 0.435 e. The van der Waals surface area contributed by atoms with Crippen LogP contribution in [0.5, 0.6) is 0 Å². The van der Waals surface area contributed by atoms with Gasteiger partial charge in [0.15, 0.2) is 16.3 Å². The average molecular weight is 562 g/mol. The van der Waals surface area contributed by atoms with Gasteiger partial charge in [-0.25, -0.2) is 8.78 Å². The number of amides is 1. The molecule has 0 aliphatic carbocycles. The van der Waals surface area contributed by atoms with E-state index in [0.29, 0.717) is 0 Å². The van der Waals surface area contributed by atoms with Gasteiger partial charge in [-0.05, 0) is 23.3 Å². The Morgan fingerprint density at radius 3 is 2.12 bits per heavy atom. The van der Waals surface area contributed by atoms with Gasteiger partial charge in [0.25, 0.3) is 11.5 Å². The number of oxime groups is 1. The molecular weight excluding hydrogens is 549 g/mol. The Hall–Kier alpha value is -1.81. The van der Waals surface area contributed by atoms with E-state index < -0.39 is 56.0 Å². The normalized spacial score (nSPS) is 21.8. The monoisotopic (exact) mass is 560 g/mol. The van der Waals surface area contributed by atoms with Crippen LogP contribution in [0.3, 0.4) is 0 Å². The van der Waals surface area contributed by atoms with Crippen LogP contribution in [0, 0.1) is 5.82 Å². The van der Waals surface area contributed by atoms with E-state index in [1.807, 2.05) is 0 Å². The van der Waals surface area contributed by atoms with Gasteiger partial charge >= 0.3 is 6.18 Å². The second-order valence-electron chi connectivity index (χ2n) is 7.92. The second kappa shape index (κ2) is 8.69. The smallest absolute Gasteiger partial charge is 0.374 e. The van der Waals surface area contributed by atoms with E-state index in [4.69, 9.17) is 51.2 Å². The number of carbonyl (C=O) groups excluding carboxylic acids is 1. The molecule has 1 atom stereocenters. The van der Waals surface area contributed by atoms with E-state index in [-0.39, 0.29) is 29.9 Å². The third-order valence-electron chi connectivity index (χ3n) is 5.75. The zero-order valence-corrected chi connectivity index (χ0v) is 19.8. The van der Waals surface area contributed by atoms with E-state index in [2.05, 4.69) is 5.16 Å². The minimum absolute atomic E-state index is 0.0640. The Balaban J connectivity index is 1.56. The molecule has 182 valence electrons. The lowest BCUT2D eigenvalue weighted by Gasteiger charge is -2.44. The molecule has 0 aromatic heterocycles. The maximum atomic E-state index is 15.1. The van der Waals surface area contributed by atoms with Gasteiger partial charge in [0, 0.05) is 12.0 Å². The summed E-state index contributed by atoms with van der Waals surface area (Å²) < 4.78 is 71.2. The molecule has 4 rings (SSSR count). The minimum Gasteiger partial charge on any atom is -0.374 e. The fourth-order valence-electron chi connectivity index (χ4n) is 3.84. The Morgan fingerprint density at radius 1 is 1.06 bits per heavy atom. The Kier molecular flexibility index (Phi) is 6.46. The summed E-state index contributed by atoms with van der Waals surface area (Å²) in [7, 11) is 0. The maximum absolute atomic E-state index is 15.1. The van der Waals surface area contributed by atoms with E-state index >= 15 is 4.39 Å². The standard InChI is InChI=1S/C21H13Cl4F5N2O2/c22-13-5-12(6-14(23)16(13)26)20(21(28,29)30)7-15(31-34-20)10-1-3-11(4-2-10)19(27)8-32(9-19)18(33)17(24)25/h1-6,17H,7-9H2. The van der Waals surface area contributed by atoms with E-state index in [9.17, 15) is 22.4 Å². The first-order valence-electron chi connectivity index (χ1n) is 9.61. The number of carbonyl (C=O) groups is 1. The van der Waals surface area contributed by atoms with Crippen molar-refractivity contribution in [2.45, 2.75) is 28.7 Å². The molecule has 2 aromatic carbocycles. The number of halogens is 9. The number of benzene rings is 2. The molecule has 4 nitrogen and oxygen atoms in total. The van der Waals surface area contributed by atoms with Crippen molar-refractivity contribution in [1.82, 2.24) is 4.90 Å². The lowest BCUT2D eigenvalue weighted by atomic mass is 9.85. The molecule has 1 saturated heterocycles. The molecule has 0 saturated carbocycles. The first-order chi connectivity index (χ1) is 15.8. The van der Waals surface area contributed by atoms with Gasteiger partial charge in [-0.3, -0.25) is 4.79 Å². The van der Waals surface area contributed by atoms with Gasteiger partial charge in [-0.2, -0.15) is 13.2 Å². The zero-order valence-electron chi connectivity index (χ0n) is 16.8. The molecule has 2 heterocycles. The molecule has 1 fully saturated rings. The molecular formula is C21H13Cl4F5N2O2. The summed E-state index contributed by atoms with van der Waals surface area (Å²) in [4.78, 5) is 16.5. The predicted octanol–water partition coefficient (Wildman–Crippen LogP) is 6.53. The molecule has 0 N–H and O–H groups in total. The fraction of sp³-hybridized carbons (Fsp3) is 0.333. The first kappa shape index (κ1) is 25.3. The van der Waals surface area contributed by atoms with Crippen molar-refractivity contribution in [2.75, 3.05) is 13.1 Å². The molecule has 2 aliphatic rings. The molecule has 0 spiro atoms. The van der Waals surface area contributed by atoms with Gasteiger partial charge in [0.1, 0.15) is 0 Å². The molecule has 2 aromatic rings. The SMILES string of the molecule is O=C(C(Cl)Cl)N1CC(F)(c2ccc(C3=NOC(c4cc(Cl)c(F)c(Cl)c4)(C(F)(F)F)C3)cc2)C1. The van der Waals surface area contributed by atoms with Crippen molar-refractivity contribution in [1.29, 1.82) is 0 Å². The van der Waals surface area contributed by atoms with Crippen LogP contribution in [0.1, 0.15) is 23.1 Å². The lowest BCUT2D eigenvalue weighted by molar-refractivity contribution is -0.275. The van der Waals surface area contributed by atoms with E-state index in [1.165, 1.54) is 24.3 Å². The number of hydrogen-bond acceptors (Lipinski definition) is 3. The lowest BCUT2D eigenvalue weighted by Crippen LogP contribution is -2.60. The molecule has 13 heteroatoms. The minimum atomic E-state index is -4.95. The number of nitrogens with zero attached hydrogens (tertiary/aromatic N) is 2. The average Bonchev–Trinajstić information content (AvgIpc) is 3.21. The summed E-state index contributed by atoms with van der Waals surface area (Å²) in [6, 6.07) is 7.15. The van der Waals surface area contributed by atoms with E-state index in [0.717, 1.165) is 17.0 Å². The topological polar surface area (TPSA) is 41.9 Å². The fourth-order valence-corrected chi connectivity index (χ4v) is 4.61. The maximum Gasteiger partial charge on any atom is 0.435 e. The molecule has 1 unspecified atom stereocenters. The zero-order chi connectivity index (χ0) is 25.1.